The van der Waals surface area contributed by atoms with Crippen LogP contribution in [0.3, 0.4) is 0 Å². The highest BCUT2D eigenvalue weighted by Crippen LogP contribution is 2.34. The molecule has 0 amide bonds. The maximum absolute atomic E-state index is 12.4. The van der Waals surface area contributed by atoms with E-state index in [1.165, 1.54) is 18.2 Å². The third kappa shape index (κ3) is 4.04. The van der Waals surface area contributed by atoms with Crippen molar-refractivity contribution in [1.82, 2.24) is 0 Å². The SMILES string of the molecule is O=[N+]([O-])c1ccc(C(=Cc2ccc(Cl)cc2Cl)S(=O)(=O)C(Cl)Cl)o1. The zero-order valence-corrected chi connectivity index (χ0v) is 15.3. The highest BCUT2D eigenvalue weighted by atomic mass is 35.5. The van der Waals surface area contributed by atoms with Gasteiger partial charge in [0.25, 0.3) is 0 Å². The van der Waals surface area contributed by atoms with Crippen molar-refractivity contribution < 1.29 is 17.8 Å². The summed E-state index contributed by atoms with van der Waals surface area (Å²) in [5, 5.41) is 11.2. The zero-order valence-electron chi connectivity index (χ0n) is 11.5. The molecule has 0 aliphatic rings. The number of rotatable bonds is 5. The highest BCUT2D eigenvalue weighted by Gasteiger charge is 2.30. The first-order valence-electron chi connectivity index (χ1n) is 6.06. The summed E-state index contributed by atoms with van der Waals surface area (Å²) in [4.78, 5) is 9.47. The van der Waals surface area contributed by atoms with Gasteiger partial charge in [0.2, 0.25) is 14.0 Å². The Kier molecular flexibility index (Phi) is 5.83. The second-order valence-electron chi connectivity index (χ2n) is 4.38. The van der Waals surface area contributed by atoms with Gasteiger partial charge in [-0.1, -0.05) is 52.5 Å². The van der Waals surface area contributed by atoms with E-state index in [0.717, 1.165) is 18.2 Å². The number of nitro groups is 1. The first kappa shape index (κ1) is 19.1. The van der Waals surface area contributed by atoms with Crippen LogP contribution in [0.15, 0.2) is 34.7 Å². The van der Waals surface area contributed by atoms with Gasteiger partial charge in [-0.2, -0.15) is 0 Å². The average Bonchev–Trinajstić information content (AvgIpc) is 2.95. The standard InChI is InChI=1S/C13H7Cl4NO5S/c14-8-2-1-7(9(15)6-8)5-11(24(21,22)13(16)17)10-3-4-12(23-10)18(19)20/h1-6,13H. The Morgan fingerprint density at radius 1 is 1.21 bits per heavy atom. The molecule has 0 saturated carbocycles. The molecular weight excluding hydrogens is 424 g/mol. The van der Waals surface area contributed by atoms with E-state index in [1.54, 1.807) is 0 Å². The second-order valence-corrected chi connectivity index (χ2v) is 8.83. The summed E-state index contributed by atoms with van der Waals surface area (Å²) in [6, 6.07) is 6.51. The molecule has 0 fully saturated rings. The molecule has 0 bridgehead atoms. The molecule has 128 valence electrons. The van der Waals surface area contributed by atoms with E-state index in [4.69, 9.17) is 50.8 Å². The first-order chi connectivity index (χ1) is 11.1. The molecule has 2 rings (SSSR count). The van der Waals surface area contributed by atoms with Gasteiger partial charge in [0.15, 0.2) is 5.76 Å². The first-order valence-corrected chi connectivity index (χ1v) is 9.24. The maximum atomic E-state index is 12.4. The van der Waals surface area contributed by atoms with Crippen molar-refractivity contribution in [2.45, 2.75) is 4.17 Å². The number of hydrogen-bond donors (Lipinski definition) is 0. The van der Waals surface area contributed by atoms with Gasteiger partial charge >= 0.3 is 5.88 Å². The van der Waals surface area contributed by atoms with Gasteiger partial charge in [0.05, 0.1) is 6.07 Å². The maximum Gasteiger partial charge on any atom is 0.433 e. The predicted molar refractivity (Wildman–Crippen MR) is 94.1 cm³/mol. The fraction of sp³-hybridized carbons (Fsp3) is 0.0769. The van der Waals surface area contributed by atoms with Crippen molar-refractivity contribution in [3.05, 3.63) is 61.8 Å². The number of furan rings is 1. The minimum Gasteiger partial charge on any atom is -0.400 e. The van der Waals surface area contributed by atoms with E-state index in [1.807, 2.05) is 0 Å². The topological polar surface area (TPSA) is 90.4 Å². The predicted octanol–water partition coefficient (Wildman–Crippen LogP) is 5.17. The van der Waals surface area contributed by atoms with Crippen LogP contribution in [0, 0.1) is 10.1 Å². The number of halogens is 4. The largest absolute Gasteiger partial charge is 0.433 e. The van der Waals surface area contributed by atoms with E-state index < -0.39 is 29.7 Å². The molecule has 1 aromatic heterocycles. The van der Waals surface area contributed by atoms with Crippen LogP contribution >= 0.6 is 46.4 Å². The smallest absolute Gasteiger partial charge is 0.400 e. The van der Waals surface area contributed by atoms with Crippen molar-refractivity contribution in [2.75, 3.05) is 0 Å². The molecular formula is C13H7Cl4NO5S. The number of hydrogen-bond acceptors (Lipinski definition) is 5. The zero-order chi connectivity index (χ0) is 18.1. The van der Waals surface area contributed by atoms with Crippen molar-refractivity contribution in [2.24, 2.45) is 0 Å². The Labute approximate surface area is 156 Å². The van der Waals surface area contributed by atoms with Gasteiger partial charge in [-0.25, -0.2) is 8.42 Å². The van der Waals surface area contributed by atoms with Gasteiger partial charge in [0.1, 0.15) is 9.83 Å². The number of nitrogens with zero attached hydrogens (tertiary/aromatic N) is 1. The van der Waals surface area contributed by atoms with E-state index in [2.05, 4.69) is 0 Å². The summed E-state index contributed by atoms with van der Waals surface area (Å²) < 4.78 is 27.9. The molecule has 1 heterocycles. The molecule has 2 aromatic rings. The monoisotopic (exact) mass is 429 g/mol. The quantitative estimate of drug-likeness (QED) is 0.370. The number of sulfone groups is 1. The summed E-state index contributed by atoms with van der Waals surface area (Å²) in [6.45, 7) is 0. The molecule has 0 N–H and O–H groups in total. The second kappa shape index (κ2) is 7.33. The Morgan fingerprint density at radius 3 is 2.38 bits per heavy atom. The Morgan fingerprint density at radius 2 is 1.88 bits per heavy atom. The van der Waals surface area contributed by atoms with E-state index >= 15 is 0 Å². The third-order valence-electron chi connectivity index (χ3n) is 2.80. The van der Waals surface area contributed by atoms with Crippen LogP contribution in [0.5, 0.6) is 0 Å². The third-order valence-corrected chi connectivity index (χ3v) is 6.18. The molecule has 0 aliphatic carbocycles. The summed E-state index contributed by atoms with van der Waals surface area (Å²) in [6.07, 6.45) is 1.15. The number of alkyl halides is 2. The van der Waals surface area contributed by atoms with Gasteiger partial charge in [0, 0.05) is 10.0 Å². The molecule has 24 heavy (non-hydrogen) atoms. The van der Waals surface area contributed by atoms with Crippen LogP contribution in [0.25, 0.3) is 11.0 Å². The molecule has 11 heteroatoms. The average molecular weight is 431 g/mol. The molecule has 6 nitrogen and oxygen atoms in total. The van der Waals surface area contributed by atoms with Gasteiger partial charge in [-0.15, -0.1) is 0 Å². The van der Waals surface area contributed by atoms with E-state index in [-0.39, 0.29) is 16.3 Å². The van der Waals surface area contributed by atoms with Crippen molar-refractivity contribution in [1.29, 1.82) is 0 Å². The van der Waals surface area contributed by atoms with Crippen molar-refractivity contribution in [3.8, 4) is 0 Å². The number of benzene rings is 1. The minimum absolute atomic E-state index is 0.164. The van der Waals surface area contributed by atoms with Gasteiger partial charge in [-0.05, 0) is 29.8 Å². The van der Waals surface area contributed by atoms with Crippen LogP contribution in [0.2, 0.25) is 10.0 Å². The fourth-order valence-corrected chi connectivity index (χ4v) is 3.62. The summed E-state index contributed by atoms with van der Waals surface area (Å²) >= 11 is 22.9. The van der Waals surface area contributed by atoms with E-state index in [9.17, 15) is 18.5 Å². The summed E-state index contributed by atoms with van der Waals surface area (Å²) in [5.41, 5.74) is 0.285. The van der Waals surface area contributed by atoms with Crippen LogP contribution in [0.1, 0.15) is 11.3 Å². The summed E-state index contributed by atoms with van der Waals surface area (Å²) in [7, 11) is -4.25. The van der Waals surface area contributed by atoms with Crippen LogP contribution in [0.4, 0.5) is 5.88 Å². The Balaban J connectivity index is 2.67. The molecule has 0 radical (unpaired) electrons. The normalized spacial score (nSPS) is 12.6. The van der Waals surface area contributed by atoms with Crippen molar-refractivity contribution >= 4 is 73.1 Å². The Hall–Kier alpha value is -1.25. The van der Waals surface area contributed by atoms with Gasteiger partial charge in [-0.3, -0.25) is 10.1 Å². The fourth-order valence-electron chi connectivity index (χ4n) is 1.71. The van der Waals surface area contributed by atoms with E-state index in [0.29, 0.717) is 5.02 Å². The van der Waals surface area contributed by atoms with Gasteiger partial charge < -0.3 is 4.42 Å². The van der Waals surface area contributed by atoms with Crippen LogP contribution < -0.4 is 0 Å². The lowest BCUT2D eigenvalue weighted by Gasteiger charge is -2.08. The highest BCUT2D eigenvalue weighted by molar-refractivity contribution is 8.03. The molecule has 0 unspecified atom stereocenters. The summed E-state index contributed by atoms with van der Waals surface area (Å²) in [5.74, 6) is -0.923. The van der Waals surface area contributed by atoms with Crippen molar-refractivity contribution in [3.63, 3.8) is 0 Å². The molecule has 0 aliphatic heterocycles. The van der Waals surface area contributed by atoms with Crippen LogP contribution in [-0.4, -0.2) is 17.5 Å². The molecule has 0 saturated heterocycles. The molecule has 0 atom stereocenters. The minimum atomic E-state index is -4.25. The molecule has 0 spiro atoms. The lowest BCUT2D eigenvalue weighted by molar-refractivity contribution is -0.402. The lowest BCUT2D eigenvalue weighted by atomic mass is 10.2. The lowest BCUT2D eigenvalue weighted by Crippen LogP contribution is -2.10. The van der Waals surface area contributed by atoms with Crippen LogP contribution in [-0.2, 0) is 9.84 Å². The Bertz CT molecular complexity index is 920. The molecule has 1 aromatic carbocycles.